The number of carbonyl (C=O) groups is 1. The van der Waals surface area contributed by atoms with Gasteiger partial charge in [0.25, 0.3) is 0 Å². The Morgan fingerprint density at radius 3 is 2.74 bits per heavy atom. The van der Waals surface area contributed by atoms with Crippen LogP contribution < -0.4 is 11.0 Å². The monoisotopic (exact) mass is 391 g/mol. The molecule has 27 heavy (non-hydrogen) atoms. The normalized spacial score (nSPS) is 13.3. The number of nitrogens with one attached hydrogen (secondary N) is 1. The van der Waals surface area contributed by atoms with Crippen molar-refractivity contribution in [1.29, 1.82) is 0 Å². The van der Waals surface area contributed by atoms with Crippen LogP contribution in [0.5, 0.6) is 0 Å². The van der Waals surface area contributed by atoms with Crippen LogP contribution in [0.3, 0.4) is 0 Å². The van der Waals surface area contributed by atoms with Gasteiger partial charge in [-0.05, 0) is 43.4 Å². The van der Waals surface area contributed by atoms with Gasteiger partial charge in [0.2, 0.25) is 5.91 Å². The standard InChI is InChI=1S/C19H22FN3O3S/c20-14-7-5-13(6-8-14)11-21-17(25)12-27-18-15-3-1-2-4-16(15)23(9-10-24)19(26)22-18/h5-8,24H,1-4,9-12H2,(H,21,25). The van der Waals surface area contributed by atoms with Crippen LogP contribution in [0.1, 0.15) is 29.7 Å². The summed E-state index contributed by atoms with van der Waals surface area (Å²) >= 11 is 1.26. The maximum atomic E-state index is 12.9. The Balaban J connectivity index is 1.65. The molecule has 8 heteroatoms. The van der Waals surface area contributed by atoms with Crippen molar-refractivity contribution in [3.8, 4) is 0 Å². The average Bonchev–Trinajstić information content (AvgIpc) is 2.68. The Morgan fingerprint density at radius 1 is 1.26 bits per heavy atom. The molecular formula is C19H22FN3O3S. The van der Waals surface area contributed by atoms with Crippen molar-refractivity contribution in [1.82, 2.24) is 14.9 Å². The van der Waals surface area contributed by atoms with E-state index >= 15 is 0 Å². The quantitative estimate of drug-likeness (QED) is 0.554. The van der Waals surface area contributed by atoms with Gasteiger partial charge in [-0.25, -0.2) is 9.18 Å². The summed E-state index contributed by atoms with van der Waals surface area (Å²) in [5.41, 5.74) is 2.39. The molecular weight excluding hydrogens is 369 g/mol. The van der Waals surface area contributed by atoms with E-state index in [9.17, 15) is 19.1 Å². The SMILES string of the molecule is O=C(CSc1nc(=O)n(CCO)c2c1CCCC2)NCc1ccc(F)cc1. The van der Waals surface area contributed by atoms with E-state index in [1.54, 1.807) is 16.7 Å². The Bertz CT molecular complexity index is 868. The van der Waals surface area contributed by atoms with E-state index in [1.165, 1.54) is 23.9 Å². The first-order valence-corrected chi connectivity index (χ1v) is 9.94. The number of hydrogen-bond acceptors (Lipinski definition) is 5. The van der Waals surface area contributed by atoms with Gasteiger partial charge in [0.15, 0.2) is 0 Å². The summed E-state index contributed by atoms with van der Waals surface area (Å²) in [4.78, 5) is 28.6. The summed E-state index contributed by atoms with van der Waals surface area (Å²) in [7, 11) is 0. The van der Waals surface area contributed by atoms with Gasteiger partial charge in [-0.2, -0.15) is 4.98 Å². The Morgan fingerprint density at radius 2 is 2.00 bits per heavy atom. The number of amides is 1. The van der Waals surface area contributed by atoms with Crippen LogP contribution in [0.15, 0.2) is 34.1 Å². The lowest BCUT2D eigenvalue weighted by Crippen LogP contribution is -2.31. The van der Waals surface area contributed by atoms with Crippen molar-refractivity contribution in [2.75, 3.05) is 12.4 Å². The zero-order valence-electron chi connectivity index (χ0n) is 14.9. The molecule has 0 unspecified atom stereocenters. The minimum absolute atomic E-state index is 0.105. The summed E-state index contributed by atoms with van der Waals surface area (Å²) in [5.74, 6) is -0.327. The number of aliphatic hydroxyl groups excluding tert-OH is 1. The zero-order valence-corrected chi connectivity index (χ0v) is 15.7. The predicted octanol–water partition coefficient (Wildman–Crippen LogP) is 1.66. The van der Waals surface area contributed by atoms with E-state index < -0.39 is 0 Å². The third kappa shape index (κ3) is 4.95. The van der Waals surface area contributed by atoms with Crippen LogP contribution >= 0.6 is 11.8 Å². The predicted molar refractivity (Wildman–Crippen MR) is 101 cm³/mol. The van der Waals surface area contributed by atoms with Crippen LogP contribution in [0.2, 0.25) is 0 Å². The minimum Gasteiger partial charge on any atom is -0.395 e. The lowest BCUT2D eigenvalue weighted by Gasteiger charge is -2.22. The van der Waals surface area contributed by atoms with Crippen molar-refractivity contribution in [3.05, 3.63) is 57.4 Å². The van der Waals surface area contributed by atoms with Gasteiger partial charge in [-0.3, -0.25) is 9.36 Å². The van der Waals surface area contributed by atoms with Crippen molar-refractivity contribution in [3.63, 3.8) is 0 Å². The topological polar surface area (TPSA) is 84.2 Å². The molecule has 0 spiro atoms. The van der Waals surface area contributed by atoms with Crippen LogP contribution in [0.4, 0.5) is 4.39 Å². The molecule has 0 radical (unpaired) electrons. The van der Waals surface area contributed by atoms with Crippen molar-refractivity contribution in [2.45, 2.75) is 43.8 Å². The smallest absolute Gasteiger partial charge is 0.348 e. The molecule has 2 aromatic rings. The number of fused-ring (bicyclic) bond motifs is 1. The maximum Gasteiger partial charge on any atom is 0.348 e. The highest BCUT2D eigenvalue weighted by Gasteiger charge is 2.20. The maximum absolute atomic E-state index is 12.9. The number of rotatable bonds is 7. The number of nitrogens with zero attached hydrogens (tertiary/aromatic N) is 2. The highest BCUT2D eigenvalue weighted by atomic mass is 32.2. The Hall–Kier alpha value is -2.19. The van der Waals surface area contributed by atoms with Gasteiger partial charge in [-0.1, -0.05) is 23.9 Å². The molecule has 1 aromatic heterocycles. The van der Waals surface area contributed by atoms with Gasteiger partial charge >= 0.3 is 5.69 Å². The molecule has 0 fully saturated rings. The largest absolute Gasteiger partial charge is 0.395 e. The third-order valence-electron chi connectivity index (χ3n) is 4.52. The van der Waals surface area contributed by atoms with Crippen LogP contribution in [0.25, 0.3) is 0 Å². The summed E-state index contributed by atoms with van der Waals surface area (Å²) in [6.45, 7) is 0.465. The van der Waals surface area contributed by atoms with E-state index in [2.05, 4.69) is 10.3 Å². The first-order chi connectivity index (χ1) is 13.1. The van der Waals surface area contributed by atoms with Gasteiger partial charge in [0.1, 0.15) is 10.8 Å². The number of carbonyl (C=O) groups excluding carboxylic acids is 1. The van der Waals surface area contributed by atoms with Gasteiger partial charge in [-0.15, -0.1) is 0 Å². The zero-order chi connectivity index (χ0) is 19.2. The summed E-state index contributed by atoms with van der Waals surface area (Å²) in [6.07, 6.45) is 3.64. The number of thioether (sulfide) groups is 1. The Labute approximate surface area is 160 Å². The highest BCUT2D eigenvalue weighted by molar-refractivity contribution is 7.99. The lowest BCUT2D eigenvalue weighted by molar-refractivity contribution is -0.118. The Kier molecular flexibility index (Phi) is 6.63. The highest BCUT2D eigenvalue weighted by Crippen LogP contribution is 2.28. The van der Waals surface area contributed by atoms with E-state index in [1.807, 2.05) is 0 Å². The third-order valence-corrected chi connectivity index (χ3v) is 5.53. The molecule has 1 amide bonds. The second-order valence-corrected chi connectivity index (χ2v) is 7.36. The number of aliphatic hydroxyl groups is 1. The molecule has 0 aliphatic heterocycles. The van der Waals surface area contributed by atoms with Gasteiger partial charge in [0, 0.05) is 17.8 Å². The van der Waals surface area contributed by atoms with Crippen LogP contribution in [-0.4, -0.2) is 32.9 Å². The van der Waals surface area contributed by atoms with Crippen LogP contribution in [0, 0.1) is 5.82 Å². The molecule has 1 aromatic carbocycles. The van der Waals surface area contributed by atoms with Crippen molar-refractivity contribution >= 4 is 17.7 Å². The number of aromatic nitrogens is 2. The van der Waals surface area contributed by atoms with E-state index in [-0.39, 0.29) is 36.3 Å². The fraction of sp³-hybridized carbons (Fsp3) is 0.421. The fourth-order valence-electron chi connectivity index (χ4n) is 3.19. The molecule has 0 saturated carbocycles. The lowest BCUT2D eigenvalue weighted by atomic mass is 9.97. The molecule has 0 bridgehead atoms. The van der Waals surface area contributed by atoms with Gasteiger partial charge in [0.05, 0.1) is 18.9 Å². The molecule has 1 aliphatic rings. The van der Waals surface area contributed by atoms with Gasteiger partial charge < -0.3 is 10.4 Å². The molecule has 3 rings (SSSR count). The average molecular weight is 391 g/mol. The van der Waals surface area contributed by atoms with Crippen molar-refractivity contribution < 1.29 is 14.3 Å². The minimum atomic E-state index is -0.376. The fourth-order valence-corrected chi connectivity index (χ4v) is 4.09. The second kappa shape index (κ2) is 9.14. The first-order valence-electron chi connectivity index (χ1n) is 8.96. The molecule has 6 nitrogen and oxygen atoms in total. The summed E-state index contributed by atoms with van der Waals surface area (Å²) in [6, 6.07) is 5.96. The molecule has 0 atom stereocenters. The van der Waals surface area contributed by atoms with E-state index in [4.69, 9.17) is 0 Å². The second-order valence-electron chi connectivity index (χ2n) is 6.40. The van der Waals surface area contributed by atoms with E-state index in [0.717, 1.165) is 42.5 Å². The van der Waals surface area contributed by atoms with Crippen LogP contribution in [-0.2, 0) is 30.7 Å². The first kappa shape index (κ1) is 19.6. The molecule has 1 heterocycles. The molecule has 2 N–H and O–H groups in total. The van der Waals surface area contributed by atoms with Crippen molar-refractivity contribution in [2.24, 2.45) is 0 Å². The summed E-state index contributed by atoms with van der Waals surface area (Å²) < 4.78 is 14.5. The molecule has 1 aliphatic carbocycles. The summed E-state index contributed by atoms with van der Waals surface area (Å²) in [5, 5.41) is 12.6. The number of halogens is 1. The molecule has 0 saturated heterocycles. The number of benzene rings is 1. The number of hydrogen-bond donors (Lipinski definition) is 2. The molecule has 144 valence electrons. The van der Waals surface area contributed by atoms with E-state index in [0.29, 0.717) is 11.6 Å².